The maximum absolute atomic E-state index is 12.3. The van der Waals surface area contributed by atoms with Crippen LogP contribution in [0.4, 0.5) is 5.69 Å². The number of pyridine rings is 1. The van der Waals surface area contributed by atoms with Crippen LogP contribution in [0.2, 0.25) is 0 Å². The highest BCUT2D eigenvalue weighted by atomic mass is 16.2. The Morgan fingerprint density at radius 3 is 2.55 bits per heavy atom. The van der Waals surface area contributed by atoms with E-state index < -0.39 is 0 Å². The maximum atomic E-state index is 12.3. The zero-order chi connectivity index (χ0) is 14.4. The van der Waals surface area contributed by atoms with E-state index in [1.807, 2.05) is 25.1 Å². The molecule has 1 aromatic carbocycles. The minimum atomic E-state index is -0.0524. The molecule has 0 radical (unpaired) electrons. The first-order valence-corrected chi connectivity index (χ1v) is 6.75. The van der Waals surface area contributed by atoms with Crippen molar-refractivity contribution < 1.29 is 4.79 Å². The van der Waals surface area contributed by atoms with E-state index in [2.05, 4.69) is 17.1 Å². The van der Waals surface area contributed by atoms with Gasteiger partial charge in [0.05, 0.1) is 11.9 Å². The van der Waals surface area contributed by atoms with Gasteiger partial charge in [0.2, 0.25) is 0 Å². The number of hydrogen-bond donors (Lipinski definition) is 1. The third-order valence-electron chi connectivity index (χ3n) is 3.19. The Bertz CT molecular complexity index is 552. The van der Waals surface area contributed by atoms with Gasteiger partial charge < -0.3 is 10.6 Å². The van der Waals surface area contributed by atoms with Crippen molar-refractivity contribution in [1.82, 2.24) is 9.88 Å². The SMILES string of the molecule is CCN(CCc1ccccc1)C(=O)c1ccc(N)cn1. The fourth-order valence-electron chi connectivity index (χ4n) is 2.01. The van der Waals surface area contributed by atoms with E-state index in [-0.39, 0.29) is 5.91 Å². The van der Waals surface area contributed by atoms with E-state index in [0.29, 0.717) is 24.5 Å². The molecule has 0 aliphatic heterocycles. The number of aromatic nitrogens is 1. The number of amides is 1. The smallest absolute Gasteiger partial charge is 0.272 e. The van der Waals surface area contributed by atoms with Gasteiger partial charge in [0.15, 0.2) is 0 Å². The molecule has 4 nitrogen and oxygen atoms in total. The van der Waals surface area contributed by atoms with Crippen LogP contribution in [0.15, 0.2) is 48.7 Å². The van der Waals surface area contributed by atoms with Crippen LogP contribution in [-0.4, -0.2) is 28.9 Å². The lowest BCUT2D eigenvalue weighted by atomic mass is 10.1. The molecule has 0 aliphatic rings. The van der Waals surface area contributed by atoms with Gasteiger partial charge in [0, 0.05) is 13.1 Å². The second-order valence-electron chi connectivity index (χ2n) is 4.60. The molecule has 0 bridgehead atoms. The lowest BCUT2D eigenvalue weighted by Crippen LogP contribution is -2.33. The quantitative estimate of drug-likeness (QED) is 0.906. The number of carbonyl (C=O) groups is 1. The van der Waals surface area contributed by atoms with Crippen molar-refractivity contribution in [3.05, 3.63) is 59.9 Å². The van der Waals surface area contributed by atoms with Crippen molar-refractivity contribution in [1.29, 1.82) is 0 Å². The summed E-state index contributed by atoms with van der Waals surface area (Å²) in [5.41, 5.74) is 7.81. The van der Waals surface area contributed by atoms with Crippen LogP contribution in [0.5, 0.6) is 0 Å². The standard InChI is InChI=1S/C16H19N3O/c1-2-19(11-10-13-6-4-3-5-7-13)16(20)15-9-8-14(17)12-18-15/h3-9,12H,2,10-11,17H2,1H3. The van der Waals surface area contributed by atoms with Crippen LogP contribution < -0.4 is 5.73 Å². The highest BCUT2D eigenvalue weighted by Crippen LogP contribution is 2.07. The third kappa shape index (κ3) is 3.57. The van der Waals surface area contributed by atoms with Crippen LogP contribution in [-0.2, 0) is 6.42 Å². The Balaban J connectivity index is 2.00. The first-order valence-electron chi connectivity index (χ1n) is 6.75. The molecule has 0 aliphatic carbocycles. The van der Waals surface area contributed by atoms with Gasteiger partial charge in [-0.05, 0) is 31.0 Å². The number of anilines is 1. The molecule has 1 amide bonds. The molecule has 0 saturated carbocycles. The van der Waals surface area contributed by atoms with Gasteiger partial charge in [0.25, 0.3) is 5.91 Å². The Morgan fingerprint density at radius 1 is 1.20 bits per heavy atom. The molecule has 0 atom stereocenters. The van der Waals surface area contributed by atoms with Crippen LogP contribution >= 0.6 is 0 Å². The van der Waals surface area contributed by atoms with Crippen LogP contribution in [0.25, 0.3) is 0 Å². The molecule has 104 valence electrons. The molecule has 1 heterocycles. The van der Waals surface area contributed by atoms with Gasteiger partial charge in [0.1, 0.15) is 5.69 Å². The summed E-state index contributed by atoms with van der Waals surface area (Å²) in [6.07, 6.45) is 2.35. The summed E-state index contributed by atoms with van der Waals surface area (Å²) in [5, 5.41) is 0. The van der Waals surface area contributed by atoms with Gasteiger partial charge in [-0.3, -0.25) is 4.79 Å². The summed E-state index contributed by atoms with van der Waals surface area (Å²) < 4.78 is 0. The summed E-state index contributed by atoms with van der Waals surface area (Å²) in [7, 11) is 0. The van der Waals surface area contributed by atoms with Gasteiger partial charge in [-0.25, -0.2) is 4.98 Å². The zero-order valence-corrected chi connectivity index (χ0v) is 11.6. The van der Waals surface area contributed by atoms with Gasteiger partial charge >= 0.3 is 0 Å². The number of hydrogen-bond acceptors (Lipinski definition) is 3. The number of carbonyl (C=O) groups excluding carboxylic acids is 1. The second-order valence-corrected chi connectivity index (χ2v) is 4.60. The molecule has 0 saturated heterocycles. The molecule has 0 spiro atoms. The second kappa shape index (κ2) is 6.70. The first kappa shape index (κ1) is 14.1. The summed E-state index contributed by atoms with van der Waals surface area (Å²) in [4.78, 5) is 18.2. The topological polar surface area (TPSA) is 59.2 Å². The third-order valence-corrected chi connectivity index (χ3v) is 3.19. The highest BCUT2D eigenvalue weighted by molar-refractivity contribution is 5.92. The molecular formula is C16H19N3O. The normalized spacial score (nSPS) is 10.2. The van der Waals surface area contributed by atoms with Crippen molar-refractivity contribution in [3.8, 4) is 0 Å². The Morgan fingerprint density at radius 2 is 1.95 bits per heavy atom. The van der Waals surface area contributed by atoms with E-state index in [1.54, 1.807) is 17.0 Å². The zero-order valence-electron chi connectivity index (χ0n) is 11.6. The largest absolute Gasteiger partial charge is 0.397 e. The number of nitrogen functional groups attached to an aromatic ring is 1. The van der Waals surface area contributed by atoms with Crippen molar-refractivity contribution in [2.24, 2.45) is 0 Å². The predicted octanol–water partition coefficient (Wildman–Crippen LogP) is 2.37. The Hall–Kier alpha value is -2.36. The van der Waals surface area contributed by atoms with Gasteiger partial charge in [-0.15, -0.1) is 0 Å². The van der Waals surface area contributed by atoms with Crippen molar-refractivity contribution in [3.63, 3.8) is 0 Å². The van der Waals surface area contributed by atoms with E-state index in [0.717, 1.165) is 6.42 Å². The van der Waals surface area contributed by atoms with Gasteiger partial charge in [-0.2, -0.15) is 0 Å². The minimum absolute atomic E-state index is 0.0524. The molecule has 0 unspecified atom stereocenters. The van der Waals surface area contributed by atoms with Crippen molar-refractivity contribution >= 4 is 11.6 Å². The highest BCUT2D eigenvalue weighted by Gasteiger charge is 2.14. The maximum Gasteiger partial charge on any atom is 0.272 e. The molecule has 2 N–H and O–H groups in total. The summed E-state index contributed by atoms with van der Waals surface area (Å²) >= 11 is 0. The summed E-state index contributed by atoms with van der Waals surface area (Å²) in [5.74, 6) is -0.0524. The summed E-state index contributed by atoms with van der Waals surface area (Å²) in [6, 6.07) is 13.5. The molecule has 2 aromatic rings. The fraction of sp³-hybridized carbons (Fsp3) is 0.250. The predicted molar refractivity (Wildman–Crippen MR) is 80.4 cm³/mol. The molecule has 1 aromatic heterocycles. The average Bonchev–Trinajstić information content (AvgIpc) is 2.49. The monoisotopic (exact) mass is 269 g/mol. The number of rotatable bonds is 5. The number of nitrogens with zero attached hydrogens (tertiary/aromatic N) is 2. The summed E-state index contributed by atoms with van der Waals surface area (Å²) in [6.45, 7) is 3.32. The van der Waals surface area contributed by atoms with E-state index in [4.69, 9.17) is 5.73 Å². The minimum Gasteiger partial charge on any atom is -0.397 e. The van der Waals surface area contributed by atoms with Gasteiger partial charge in [-0.1, -0.05) is 30.3 Å². The van der Waals surface area contributed by atoms with Crippen molar-refractivity contribution in [2.45, 2.75) is 13.3 Å². The molecular weight excluding hydrogens is 250 g/mol. The van der Waals surface area contributed by atoms with Crippen molar-refractivity contribution in [2.75, 3.05) is 18.8 Å². The lowest BCUT2D eigenvalue weighted by molar-refractivity contribution is 0.0760. The van der Waals surface area contributed by atoms with Crippen LogP contribution in [0.3, 0.4) is 0 Å². The van der Waals surface area contributed by atoms with E-state index in [1.165, 1.54) is 11.8 Å². The number of benzene rings is 1. The molecule has 4 heteroatoms. The van der Waals surface area contributed by atoms with E-state index in [9.17, 15) is 4.79 Å². The molecule has 2 rings (SSSR count). The first-order chi connectivity index (χ1) is 9.70. The Labute approximate surface area is 119 Å². The Kier molecular flexibility index (Phi) is 4.71. The fourth-order valence-corrected chi connectivity index (χ4v) is 2.01. The number of nitrogens with two attached hydrogens (primary N) is 1. The average molecular weight is 269 g/mol. The van der Waals surface area contributed by atoms with Crippen LogP contribution in [0.1, 0.15) is 23.0 Å². The van der Waals surface area contributed by atoms with E-state index >= 15 is 0 Å². The lowest BCUT2D eigenvalue weighted by Gasteiger charge is -2.20. The molecule has 20 heavy (non-hydrogen) atoms. The number of likely N-dealkylation sites (N-methyl/N-ethyl adjacent to an activating group) is 1. The molecule has 0 fully saturated rings. The van der Waals surface area contributed by atoms with Crippen LogP contribution in [0, 0.1) is 0 Å².